The number of aromatic nitrogens is 1. The van der Waals surface area contributed by atoms with Crippen molar-refractivity contribution in [3.63, 3.8) is 0 Å². The molecule has 1 atom stereocenters. The van der Waals surface area contributed by atoms with Crippen LogP contribution in [0.25, 0.3) is 16.6 Å². The molecule has 0 N–H and O–H groups in total. The van der Waals surface area contributed by atoms with E-state index in [9.17, 15) is 4.79 Å². The molecule has 4 heterocycles. The maximum Gasteiger partial charge on any atom is 0.338 e. The molecule has 1 aromatic carbocycles. The molecule has 2 saturated heterocycles. The fraction of sp³-hybridized carbons (Fsp3) is 0.483. The fourth-order valence-corrected chi connectivity index (χ4v) is 5.38. The highest BCUT2D eigenvalue weighted by molar-refractivity contribution is 5.93. The Bertz CT molecular complexity index is 1220. The predicted octanol–water partition coefficient (Wildman–Crippen LogP) is 4.71. The lowest BCUT2D eigenvalue weighted by atomic mass is 10.0. The van der Waals surface area contributed by atoms with E-state index in [4.69, 9.17) is 14.2 Å². The lowest BCUT2D eigenvalue weighted by Crippen LogP contribution is -2.39. The highest BCUT2D eigenvalue weighted by Gasteiger charge is 2.26. The molecule has 3 aromatic rings. The smallest absolute Gasteiger partial charge is 0.338 e. The normalized spacial score (nSPS) is 18.1. The van der Waals surface area contributed by atoms with Crippen molar-refractivity contribution in [1.29, 1.82) is 0 Å². The van der Waals surface area contributed by atoms with Crippen LogP contribution in [-0.2, 0) is 14.2 Å². The summed E-state index contributed by atoms with van der Waals surface area (Å²) in [4.78, 5) is 17.9. The Kier molecular flexibility index (Phi) is 7.32. The zero-order chi connectivity index (χ0) is 25.2. The lowest BCUT2D eigenvalue weighted by Gasteiger charge is -2.34. The second kappa shape index (κ2) is 10.6. The van der Waals surface area contributed by atoms with Gasteiger partial charge in [0.1, 0.15) is 0 Å². The number of hydrogen-bond donors (Lipinski definition) is 0. The van der Waals surface area contributed by atoms with Crippen LogP contribution in [0, 0.1) is 6.92 Å². The number of morpholine rings is 2. The highest BCUT2D eigenvalue weighted by Crippen LogP contribution is 2.33. The maximum atomic E-state index is 13.1. The molecule has 7 heteroatoms. The van der Waals surface area contributed by atoms with Crippen molar-refractivity contribution in [2.45, 2.75) is 39.8 Å². The Morgan fingerprint density at radius 3 is 2.31 bits per heavy atom. The summed E-state index contributed by atoms with van der Waals surface area (Å²) >= 11 is 0. The van der Waals surface area contributed by atoms with E-state index in [0.29, 0.717) is 5.56 Å². The van der Waals surface area contributed by atoms with Gasteiger partial charge < -0.3 is 23.5 Å². The van der Waals surface area contributed by atoms with Gasteiger partial charge in [-0.3, -0.25) is 4.90 Å². The van der Waals surface area contributed by atoms with Crippen molar-refractivity contribution in [1.82, 2.24) is 9.30 Å². The number of carbonyl (C=O) groups is 1. The van der Waals surface area contributed by atoms with Gasteiger partial charge in [-0.1, -0.05) is 12.1 Å². The Morgan fingerprint density at radius 1 is 0.917 bits per heavy atom. The third-order valence-electron chi connectivity index (χ3n) is 7.30. The Hall–Kier alpha value is -2.87. The topological polar surface area (TPSA) is 55.6 Å². The first kappa shape index (κ1) is 24.8. The van der Waals surface area contributed by atoms with Gasteiger partial charge in [-0.05, 0) is 63.1 Å². The molecule has 2 aliphatic rings. The van der Waals surface area contributed by atoms with Gasteiger partial charge in [0, 0.05) is 60.9 Å². The van der Waals surface area contributed by atoms with Crippen LogP contribution in [0.15, 0.2) is 42.6 Å². The van der Waals surface area contributed by atoms with Gasteiger partial charge in [0.15, 0.2) is 0 Å². The van der Waals surface area contributed by atoms with Crippen molar-refractivity contribution in [3.05, 3.63) is 59.4 Å². The van der Waals surface area contributed by atoms with E-state index in [-0.39, 0.29) is 18.1 Å². The highest BCUT2D eigenvalue weighted by atomic mass is 16.5. The molecule has 5 rings (SSSR count). The molecule has 0 amide bonds. The molecule has 0 bridgehead atoms. The van der Waals surface area contributed by atoms with E-state index in [1.54, 1.807) is 0 Å². The largest absolute Gasteiger partial charge is 0.459 e. The van der Waals surface area contributed by atoms with Crippen LogP contribution in [0.2, 0.25) is 0 Å². The van der Waals surface area contributed by atoms with Crippen LogP contribution in [0.5, 0.6) is 0 Å². The maximum absolute atomic E-state index is 13.1. The molecule has 0 saturated carbocycles. The molecule has 192 valence electrons. The summed E-state index contributed by atoms with van der Waals surface area (Å²) < 4.78 is 19.0. The minimum atomic E-state index is -0.266. The molecule has 2 aliphatic heterocycles. The quantitative estimate of drug-likeness (QED) is 0.466. The number of carbonyl (C=O) groups excluding carboxylic acids is 1. The molecule has 0 aliphatic carbocycles. The SMILES string of the molecule is Cc1c(C(=O)OC(C)C)cc2cc(-c3cccc(N4CCOCC4)c3)cn2c1C(C)N1CCOCC1. The van der Waals surface area contributed by atoms with Crippen LogP contribution >= 0.6 is 0 Å². The van der Waals surface area contributed by atoms with Gasteiger partial charge in [-0.15, -0.1) is 0 Å². The number of nitrogens with zero attached hydrogens (tertiary/aromatic N) is 3. The van der Waals surface area contributed by atoms with E-state index in [2.05, 4.69) is 57.7 Å². The summed E-state index contributed by atoms with van der Waals surface area (Å²) in [5, 5.41) is 0. The third kappa shape index (κ3) is 5.01. The van der Waals surface area contributed by atoms with Crippen molar-refractivity contribution < 1.29 is 19.0 Å². The number of anilines is 1. The van der Waals surface area contributed by atoms with Gasteiger partial charge in [0.25, 0.3) is 0 Å². The molecule has 2 fully saturated rings. The van der Waals surface area contributed by atoms with E-state index in [0.717, 1.165) is 80.5 Å². The summed E-state index contributed by atoms with van der Waals surface area (Å²) in [5.74, 6) is -0.266. The predicted molar refractivity (Wildman–Crippen MR) is 142 cm³/mol. The average molecular weight is 492 g/mol. The first-order valence-electron chi connectivity index (χ1n) is 13.0. The summed E-state index contributed by atoms with van der Waals surface area (Å²) in [5.41, 5.74) is 7.24. The number of benzene rings is 1. The second-order valence-electron chi connectivity index (χ2n) is 10.0. The molecule has 2 aromatic heterocycles. The monoisotopic (exact) mass is 491 g/mol. The van der Waals surface area contributed by atoms with E-state index in [1.807, 2.05) is 26.8 Å². The lowest BCUT2D eigenvalue weighted by molar-refractivity contribution is 0.0186. The van der Waals surface area contributed by atoms with Gasteiger partial charge in [-0.2, -0.15) is 0 Å². The van der Waals surface area contributed by atoms with Gasteiger partial charge >= 0.3 is 5.97 Å². The number of ether oxygens (including phenoxy) is 3. The molecular formula is C29H37N3O4. The number of rotatable bonds is 6. The Morgan fingerprint density at radius 2 is 1.61 bits per heavy atom. The summed E-state index contributed by atoms with van der Waals surface area (Å²) in [6.07, 6.45) is 2.04. The molecule has 1 unspecified atom stereocenters. The minimum absolute atomic E-state index is 0.128. The van der Waals surface area contributed by atoms with Crippen LogP contribution in [0.3, 0.4) is 0 Å². The molecule has 7 nitrogen and oxygen atoms in total. The zero-order valence-corrected chi connectivity index (χ0v) is 21.8. The summed E-state index contributed by atoms with van der Waals surface area (Å²) in [7, 11) is 0. The number of hydrogen-bond acceptors (Lipinski definition) is 6. The van der Waals surface area contributed by atoms with Crippen molar-refractivity contribution in [3.8, 4) is 11.1 Å². The Labute approximate surface area is 213 Å². The molecular weight excluding hydrogens is 454 g/mol. The van der Waals surface area contributed by atoms with E-state index >= 15 is 0 Å². The fourth-order valence-electron chi connectivity index (χ4n) is 5.38. The van der Waals surface area contributed by atoms with Crippen LogP contribution in [0.4, 0.5) is 5.69 Å². The second-order valence-corrected chi connectivity index (χ2v) is 10.0. The number of pyridine rings is 1. The first-order valence-corrected chi connectivity index (χ1v) is 13.0. The standard InChI is InChI=1S/C29H37N3O4/c1-20(2)36-29(33)27-18-26-17-24(23-6-5-7-25(16-23)31-10-14-35-15-11-31)19-32(26)28(21(27)3)22(4)30-8-12-34-13-9-30/h5-7,16-20,22H,8-15H2,1-4H3. The van der Waals surface area contributed by atoms with Crippen LogP contribution in [0.1, 0.15) is 48.4 Å². The first-order chi connectivity index (χ1) is 17.4. The average Bonchev–Trinajstić information content (AvgIpc) is 3.32. The van der Waals surface area contributed by atoms with Crippen molar-refractivity contribution in [2.24, 2.45) is 0 Å². The third-order valence-corrected chi connectivity index (χ3v) is 7.30. The van der Waals surface area contributed by atoms with Crippen LogP contribution in [-0.4, -0.2) is 74.0 Å². The van der Waals surface area contributed by atoms with Crippen molar-refractivity contribution >= 4 is 17.2 Å². The van der Waals surface area contributed by atoms with E-state index < -0.39 is 0 Å². The van der Waals surface area contributed by atoms with E-state index in [1.165, 1.54) is 5.69 Å². The van der Waals surface area contributed by atoms with Crippen LogP contribution < -0.4 is 4.90 Å². The molecule has 36 heavy (non-hydrogen) atoms. The van der Waals surface area contributed by atoms with Gasteiger partial charge in [-0.25, -0.2) is 4.79 Å². The van der Waals surface area contributed by atoms with Gasteiger partial charge in [0.05, 0.1) is 38.1 Å². The molecule has 0 spiro atoms. The summed E-state index contributed by atoms with van der Waals surface area (Å²) in [6, 6.07) is 13.0. The number of esters is 1. The summed E-state index contributed by atoms with van der Waals surface area (Å²) in [6.45, 7) is 14.6. The van der Waals surface area contributed by atoms with Crippen molar-refractivity contribution in [2.75, 3.05) is 57.5 Å². The minimum Gasteiger partial charge on any atom is -0.459 e. The zero-order valence-electron chi connectivity index (χ0n) is 21.8. The number of fused-ring (bicyclic) bond motifs is 1. The molecule has 0 radical (unpaired) electrons. The Balaban J connectivity index is 1.59. The van der Waals surface area contributed by atoms with Gasteiger partial charge in [0.2, 0.25) is 0 Å².